The molecule has 206 valence electrons. The van der Waals surface area contributed by atoms with Crippen LogP contribution in [-0.2, 0) is 30.3 Å². The number of carbonyl (C=O) groups is 3. The van der Waals surface area contributed by atoms with Crippen molar-refractivity contribution in [2.75, 3.05) is 52.6 Å². The van der Waals surface area contributed by atoms with Crippen molar-refractivity contribution >= 4 is 17.8 Å². The van der Waals surface area contributed by atoms with E-state index in [-0.39, 0.29) is 25.0 Å². The molecule has 2 saturated heterocycles. The van der Waals surface area contributed by atoms with Crippen LogP contribution in [0.4, 0.5) is 4.39 Å². The lowest BCUT2D eigenvalue weighted by Gasteiger charge is -2.30. The topological polar surface area (TPSA) is 111 Å². The second kappa shape index (κ2) is 13.5. The summed E-state index contributed by atoms with van der Waals surface area (Å²) in [6.07, 6.45) is 1.58. The summed E-state index contributed by atoms with van der Waals surface area (Å²) in [5.74, 6) is -1.80. The molecule has 0 saturated carbocycles. The number of hydrogen-bond acceptors (Lipinski definition) is 8. The minimum Gasteiger partial charge on any atom is -0.465 e. The number of nitrogens with zero attached hydrogens (tertiary/aromatic N) is 2. The van der Waals surface area contributed by atoms with Gasteiger partial charge in [0.15, 0.2) is 5.76 Å². The van der Waals surface area contributed by atoms with E-state index in [2.05, 4.69) is 10.2 Å². The Morgan fingerprint density at radius 3 is 2.58 bits per heavy atom. The Morgan fingerprint density at radius 2 is 1.89 bits per heavy atom. The maximum Gasteiger partial charge on any atom is 0.325 e. The number of halogens is 1. The molecule has 2 fully saturated rings. The molecule has 0 spiro atoms. The maximum atomic E-state index is 13.7. The Morgan fingerprint density at radius 1 is 1.13 bits per heavy atom. The highest BCUT2D eigenvalue weighted by atomic mass is 19.1. The summed E-state index contributed by atoms with van der Waals surface area (Å²) in [6.45, 7) is 5.38. The molecule has 3 heterocycles. The van der Waals surface area contributed by atoms with Crippen molar-refractivity contribution in [2.45, 2.75) is 38.5 Å². The fourth-order valence-electron chi connectivity index (χ4n) is 4.56. The summed E-state index contributed by atoms with van der Waals surface area (Å²) in [6, 6.07) is 7.25. The number of benzene rings is 1. The lowest BCUT2D eigenvalue weighted by Crippen LogP contribution is -2.47. The number of esters is 1. The molecule has 1 N–H and O–H groups in total. The summed E-state index contributed by atoms with van der Waals surface area (Å²) in [7, 11) is 0. The number of furan rings is 1. The SMILES string of the molecule is CCOC(=O)CN(C(=O)c1ccc(CN2CCOCC2)o1)[C@@H](C(=O)NC[C@@H]1CCCO1)c1ccc(F)cc1. The van der Waals surface area contributed by atoms with E-state index < -0.39 is 36.2 Å². The number of amides is 2. The molecule has 2 amide bonds. The molecule has 10 nitrogen and oxygen atoms in total. The largest absolute Gasteiger partial charge is 0.465 e. The Bertz CT molecular complexity index is 1080. The zero-order valence-electron chi connectivity index (χ0n) is 21.5. The molecular weight excluding hydrogens is 497 g/mol. The highest BCUT2D eigenvalue weighted by Crippen LogP contribution is 2.25. The lowest BCUT2D eigenvalue weighted by molar-refractivity contribution is -0.145. The molecule has 2 atom stereocenters. The van der Waals surface area contributed by atoms with E-state index in [1.807, 2.05) is 0 Å². The summed E-state index contributed by atoms with van der Waals surface area (Å²) >= 11 is 0. The van der Waals surface area contributed by atoms with Crippen LogP contribution >= 0.6 is 0 Å². The van der Waals surface area contributed by atoms with Gasteiger partial charge in [-0.1, -0.05) is 12.1 Å². The zero-order chi connectivity index (χ0) is 26.9. The highest BCUT2D eigenvalue weighted by Gasteiger charge is 2.36. The first-order valence-corrected chi connectivity index (χ1v) is 12.9. The van der Waals surface area contributed by atoms with Gasteiger partial charge in [0.2, 0.25) is 5.91 Å². The molecule has 4 rings (SSSR count). The van der Waals surface area contributed by atoms with E-state index >= 15 is 0 Å². The minimum absolute atomic E-state index is 0.0170. The number of morpholine rings is 1. The molecule has 0 radical (unpaired) electrons. The van der Waals surface area contributed by atoms with Crippen LogP contribution in [0.5, 0.6) is 0 Å². The summed E-state index contributed by atoms with van der Waals surface area (Å²) in [5.41, 5.74) is 0.342. The van der Waals surface area contributed by atoms with Crippen molar-refractivity contribution in [2.24, 2.45) is 0 Å². The number of ether oxygens (including phenoxy) is 3. The third-order valence-electron chi connectivity index (χ3n) is 6.49. The van der Waals surface area contributed by atoms with Crippen LogP contribution < -0.4 is 5.32 Å². The van der Waals surface area contributed by atoms with E-state index in [1.54, 1.807) is 13.0 Å². The van der Waals surface area contributed by atoms with E-state index in [0.29, 0.717) is 37.7 Å². The van der Waals surface area contributed by atoms with Gasteiger partial charge in [-0.05, 0) is 49.6 Å². The van der Waals surface area contributed by atoms with Crippen molar-refractivity contribution in [3.63, 3.8) is 0 Å². The molecule has 0 aliphatic carbocycles. The van der Waals surface area contributed by atoms with Crippen LogP contribution in [-0.4, -0.2) is 86.3 Å². The molecule has 2 aliphatic heterocycles. The van der Waals surface area contributed by atoms with E-state index in [9.17, 15) is 18.8 Å². The Hall–Kier alpha value is -3.28. The van der Waals surface area contributed by atoms with Crippen molar-refractivity contribution in [3.8, 4) is 0 Å². The van der Waals surface area contributed by atoms with Gasteiger partial charge in [0, 0.05) is 26.2 Å². The molecule has 0 bridgehead atoms. The average molecular weight is 532 g/mol. The molecule has 1 aromatic heterocycles. The third-order valence-corrected chi connectivity index (χ3v) is 6.49. The predicted molar refractivity (Wildman–Crippen MR) is 134 cm³/mol. The van der Waals surface area contributed by atoms with E-state index in [1.165, 1.54) is 30.3 Å². The number of carbonyl (C=O) groups excluding carboxylic acids is 3. The van der Waals surface area contributed by atoms with Crippen LogP contribution in [0.2, 0.25) is 0 Å². The van der Waals surface area contributed by atoms with Gasteiger partial charge < -0.3 is 28.8 Å². The summed E-state index contributed by atoms with van der Waals surface area (Å²) in [4.78, 5) is 43.1. The number of nitrogens with one attached hydrogen (secondary N) is 1. The quantitative estimate of drug-likeness (QED) is 0.440. The summed E-state index contributed by atoms with van der Waals surface area (Å²) < 4.78 is 35.7. The second-order valence-electron chi connectivity index (χ2n) is 9.23. The van der Waals surface area contributed by atoms with E-state index in [4.69, 9.17) is 18.6 Å². The third kappa shape index (κ3) is 7.40. The normalized spacial score (nSPS) is 18.6. The van der Waals surface area contributed by atoms with Crippen molar-refractivity contribution in [1.29, 1.82) is 0 Å². The van der Waals surface area contributed by atoms with Gasteiger partial charge in [-0.25, -0.2) is 4.39 Å². The van der Waals surface area contributed by atoms with Crippen molar-refractivity contribution in [1.82, 2.24) is 15.1 Å². The fraction of sp³-hybridized carbons (Fsp3) is 0.519. The monoisotopic (exact) mass is 531 g/mol. The second-order valence-corrected chi connectivity index (χ2v) is 9.23. The standard InChI is InChI=1S/C27H34FN3O7/c1-2-36-24(32)18-31(27(34)23-10-9-22(38-23)17-30-11-14-35-15-12-30)25(19-5-7-20(28)8-6-19)26(33)29-16-21-4-3-13-37-21/h5-10,21,25H,2-4,11-18H2,1H3,(H,29,33)/t21-,25+/m0/s1. The average Bonchev–Trinajstić information content (AvgIpc) is 3.61. The predicted octanol–water partition coefficient (Wildman–Crippen LogP) is 2.29. The van der Waals surface area contributed by atoms with Crippen LogP contribution in [0.3, 0.4) is 0 Å². The minimum atomic E-state index is -1.23. The first-order chi connectivity index (χ1) is 18.4. The van der Waals surface area contributed by atoms with E-state index in [0.717, 1.165) is 30.8 Å². The van der Waals surface area contributed by atoms with Crippen LogP contribution in [0.25, 0.3) is 0 Å². The molecule has 2 aliphatic rings. The number of hydrogen-bond donors (Lipinski definition) is 1. The first kappa shape index (κ1) is 27.7. The van der Waals surface area contributed by atoms with Crippen molar-refractivity contribution in [3.05, 3.63) is 59.3 Å². The number of rotatable bonds is 11. The Balaban J connectivity index is 1.60. The zero-order valence-corrected chi connectivity index (χ0v) is 21.5. The van der Waals surface area contributed by atoms with Gasteiger partial charge in [0.25, 0.3) is 5.91 Å². The molecule has 0 unspecified atom stereocenters. The fourth-order valence-corrected chi connectivity index (χ4v) is 4.56. The lowest BCUT2D eigenvalue weighted by atomic mass is 10.0. The highest BCUT2D eigenvalue weighted by molar-refractivity contribution is 5.98. The maximum absolute atomic E-state index is 13.7. The first-order valence-electron chi connectivity index (χ1n) is 12.9. The van der Waals surface area contributed by atoms with Gasteiger partial charge >= 0.3 is 5.97 Å². The van der Waals surface area contributed by atoms with Gasteiger partial charge in [0.05, 0.1) is 32.5 Å². The molecule has 1 aromatic carbocycles. The van der Waals surface area contributed by atoms with Crippen LogP contribution in [0.15, 0.2) is 40.8 Å². The molecule has 38 heavy (non-hydrogen) atoms. The van der Waals surface area contributed by atoms with Crippen LogP contribution in [0, 0.1) is 5.82 Å². The Labute approximate surface area is 221 Å². The van der Waals surface area contributed by atoms with Crippen LogP contribution in [0.1, 0.15) is 47.7 Å². The summed E-state index contributed by atoms with van der Waals surface area (Å²) in [5, 5.41) is 2.84. The molecule has 11 heteroatoms. The molecular formula is C27H34FN3O7. The van der Waals surface area contributed by atoms with Gasteiger partial charge in [-0.15, -0.1) is 0 Å². The smallest absolute Gasteiger partial charge is 0.325 e. The van der Waals surface area contributed by atoms with Gasteiger partial charge in [0.1, 0.15) is 24.2 Å². The van der Waals surface area contributed by atoms with Gasteiger partial charge in [-0.2, -0.15) is 0 Å². The van der Waals surface area contributed by atoms with Gasteiger partial charge in [-0.3, -0.25) is 19.3 Å². The Kier molecular flexibility index (Phi) is 9.85. The molecule has 2 aromatic rings. The van der Waals surface area contributed by atoms with Crippen molar-refractivity contribution < 1.29 is 37.4 Å².